The number of nitro benzene ring substituents is 1. The zero-order chi connectivity index (χ0) is 12.4. The highest BCUT2D eigenvalue weighted by atomic mass is 19.1. The summed E-state index contributed by atoms with van der Waals surface area (Å²) >= 11 is 0. The van der Waals surface area contributed by atoms with Crippen molar-refractivity contribution in [2.75, 3.05) is 6.54 Å². The molecular weight excluding hydrogens is 230 g/mol. The summed E-state index contributed by atoms with van der Waals surface area (Å²) in [6.07, 6.45) is 2.41. The normalized spacial score (nSPS) is 20.2. The minimum Gasteiger partial charge on any atom is -0.310 e. The minimum absolute atomic E-state index is 0.209. The molecule has 1 aliphatic rings. The lowest BCUT2D eigenvalue weighted by atomic mass is 9.96. The zero-order valence-electron chi connectivity index (χ0n) is 9.08. The van der Waals surface area contributed by atoms with Gasteiger partial charge in [0.2, 0.25) is 5.82 Å². The van der Waals surface area contributed by atoms with E-state index in [0.717, 1.165) is 25.0 Å². The van der Waals surface area contributed by atoms with E-state index in [2.05, 4.69) is 5.32 Å². The molecule has 1 fully saturated rings. The number of nitrogens with zero attached hydrogens (tertiary/aromatic N) is 1. The quantitative estimate of drug-likeness (QED) is 0.640. The summed E-state index contributed by atoms with van der Waals surface area (Å²) < 4.78 is 27.4. The van der Waals surface area contributed by atoms with Gasteiger partial charge in [0.15, 0.2) is 0 Å². The van der Waals surface area contributed by atoms with Crippen LogP contribution in [0.1, 0.15) is 30.9 Å². The van der Waals surface area contributed by atoms with E-state index in [1.807, 2.05) is 0 Å². The molecule has 2 rings (SSSR count). The van der Waals surface area contributed by atoms with Crippen LogP contribution in [0.5, 0.6) is 0 Å². The fraction of sp³-hybridized carbons (Fsp3) is 0.455. The Morgan fingerprint density at radius 1 is 1.35 bits per heavy atom. The standard InChI is InChI=1S/C11H12F2N2O2/c12-7-4-5-9(15(16)17)11(13)10(7)8-3-1-2-6-14-8/h4-5,8,14H,1-3,6H2. The second-order valence-corrected chi connectivity index (χ2v) is 4.05. The Morgan fingerprint density at radius 3 is 2.71 bits per heavy atom. The minimum atomic E-state index is -1.06. The number of benzene rings is 1. The molecule has 1 heterocycles. The van der Waals surface area contributed by atoms with Crippen molar-refractivity contribution in [3.05, 3.63) is 39.4 Å². The SMILES string of the molecule is O=[N+]([O-])c1ccc(F)c(C2CCCCN2)c1F. The fourth-order valence-electron chi connectivity index (χ4n) is 2.12. The molecule has 4 nitrogen and oxygen atoms in total. The van der Waals surface area contributed by atoms with Crippen LogP contribution in [0.4, 0.5) is 14.5 Å². The Bertz CT molecular complexity index is 445. The molecule has 1 saturated heterocycles. The van der Waals surface area contributed by atoms with Crippen molar-refractivity contribution in [1.29, 1.82) is 0 Å². The lowest BCUT2D eigenvalue weighted by Crippen LogP contribution is -2.28. The largest absolute Gasteiger partial charge is 0.310 e. The molecule has 1 unspecified atom stereocenters. The van der Waals surface area contributed by atoms with Crippen LogP contribution >= 0.6 is 0 Å². The van der Waals surface area contributed by atoms with Crippen molar-refractivity contribution in [2.24, 2.45) is 0 Å². The smallest absolute Gasteiger partial charge is 0.305 e. The van der Waals surface area contributed by atoms with Gasteiger partial charge in [-0.2, -0.15) is 4.39 Å². The predicted molar refractivity (Wildman–Crippen MR) is 57.6 cm³/mol. The van der Waals surface area contributed by atoms with Crippen LogP contribution < -0.4 is 5.32 Å². The molecule has 1 aromatic rings. The van der Waals surface area contributed by atoms with Crippen molar-refractivity contribution >= 4 is 5.69 Å². The molecule has 0 spiro atoms. The van der Waals surface area contributed by atoms with Crippen molar-refractivity contribution in [3.8, 4) is 0 Å². The second-order valence-electron chi connectivity index (χ2n) is 4.05. The van der Waals surface area contributed by atoms with E-state index in [9.17, 15) is 18.9 Å². The highest BCUT2D eigenvalue weighted by molar-refractivity contribution is 5.39. The van der Waals surface area contributed by atoms with Crippen molar-refractivity contribution < 1.29 is 13.7 Å². The van der Waals surface area contributed by atoms with Crippen molar-refractivity contribution in [3.63, 3.8) is 0 Å². The number of hydrogen-bond donors (Lipinski definition) is 1. The van der Waals surface area contributed by atoms with Crippen LogP contribution in [0.3, 0.4) is 0 Å². The molecule has 92 valence electrons. The van der Waals surface area contributed by atoms with Gasteiger partial charge in [0.1, 0.15) is 5.82 Å². The van der Waals surface area contributed by atoms with Crippen LogP contribution in [0.15, 0.2) is 12.1 Å². The summed E-state index contributed by atoms with van der Waals surface area (Å²) in [5.41, 5.74) is -0.882. The van der Waals surface area contributed by atoms with Crippen LogP contribution in [0, 0.1) is 21.7 Å². The molecule has 1 atom stereocenters. The molecule has 0 aromatic heterocycles. The van der Waals surface area contributed by atoms with Gasteiger partial charge in [-0.05, 0) is 25.5 Å². The molecule has 1 aliphatic heterocycles. The fourth-order valence-corrected chi connectivity index (χ4v) is 2.12. The van der Waals surface area contributed by atoms with Gasteiger partial charge in [0, 0.05) is 17.7 Å². The highest BCUT2D eigenvalue weighted by Crippen LogP contribution is 2.31. The van der Waals surface area contributed by atoms with Crippen LogP contribution in [-0.2, 0) is 0 Å². The molecule has 1 aromatic carbocycles. The number of nitro groups is 1. The van der Waals surface area contributed by atoms with Gasteiger partial charge in [0.05, 0.1) is 4.92 Å². The Morgan fingerprint density at radius 2 is 2.12 bits per heavy atom. The third kappa shape index (κ3) is 2.26. The lowest BCUT2D eigenvalue weighted by Gasteiger charge is -2.24. The maximum atomic E-state index is 13.8. The first-order valence-electron chi connectivity index (χ1n) is 5.47. The summed E-state index contributed by atoms with van der Waals surface area (Å²) in [5.74, 6) is -1.79. The predicted octanol–water partition coefficient (Wildman–Crippen LogP) is 2.69. The zero-order valence-corrected chi connectivity index (χ0v) is 9.08. The molecular formula is C11H12F2N2O2. The first kappa shape index (κ1) is 11.9. The molecule has 0 amide bonds. The first-order chi connectivity index (χ1) is 8.11. The Balaban J connectivity index is 2.43. The summed E-state index contributed by atoms with van der Waals surface area (Å²) in [5, 5.41) is 13.6. The monoisotopic (exact) mass is 242 g/mol. The Kier molecular flexibility index (Phi) is 3.33. The highest BCUT2D eigenvalue weighted by Gasteiger charge is 2.27. The number of nitrogens with one attached hydrogen (secondary N) is 1. The number of piperidine rings is 1. The van der Waals surface area contributed by atoms with Crippen LogP contribution in [-0.4, -0.2) is 11.5 Å². The maximum absolute atomic E-state index is 13.8. The average molecular weight is 242 g/mol. The van der Waals surface area contributed by atoms with Gasteiger partial charge < -0.3 is 5.32 Å². The maximum Gasteiger partial charge on any atom is 0.305 e. The van der Waals surface area contributed by atoms with Crippen molar-refractivity contribution in [2.45, 2.75) is 25.3 Å². The summed E-state index contributed by atoms with van der Waals surface area (Å²) in [6.45, 7) is 0.673. The van der Waals surface area contributed by atoms with Gasteiger partial charge in [-0.1, -0.05) is 6.42 Å². The number of hydrogen-bond acceptors (Lipinski definition) is 3. The van der Waals surface area contributed by atoms with Gasteiger partial charge in [0.25, 0.3) is 0 Å². The average Bonchev–Trinajstić information content (AvgIpc) is 2.30. The summed E-state index contributed by atoms with van der Waals surface area (Å²) in [7, 11) is 0. The third-order valence-corrected chi connectivity index (χ3v) is 2.96. The van der Waals surface area contributed by atoms with E-state index in [-0.39, 0.29) is 5.56 Å². The van der Waals surface area contributed by atoms with E-state index in [0.29, 0.717) is 13.0 Å². The molecule has 0 radical (unpaired) electrons. The molecule has 1 N–H and O–H groups in total. The van der Waals surface area contributed by atoms with Gasteiger partial charge in [-0.25, -0.2) is 4.39 Å². The lowest BCUT2D eigenvalue weighted by molar-refractivity contribution is -0.387. The van der Waals surface area contributed by atoms with Gasteiger partial charge in [-0.15, -0.1) is 0 Å². The van der Waals surface area contributed by atoms with Crippen LogP contribution in [0.25, 0.3) is 0 Å². The molecule has 0 saturated carbocycles. The Hall–Kier alpha value is -1.56. The van der Waals surface area contributed by atoms with E-state index in [1.54, 1.807) is 0 Å². The molecule has 6 heteroatoms. The summed E-state index contributed by atoms with van der Waals surface area (Å²) in [4.78, 5) is 9.76. The second kappa shape index (κ2) is 4.75. The number of rotatable bonds is 2. The van der Waals surface area contributed by atoms with E-state index >= 15 is 0 Å². The summed E-state index contributed by atoms with van der Waals surface area (Å²) in [6, 6.07) is 1.34. The third-order valence-electron chi connectivity index (χ3n) is 2.96. The van der Waals surface area contributed by atoms with E-state index in [4.69, 9.17) is 0 Å². The molecule has 0 aliphatic carbocycles. The Labute approximate surface area is 96.8 Å². The molecule has 0 bridgehead atoms. The first-order valence-corrected chi connectivity index (χ1v) is 5.47. The van der Waals surface area contributed by atoms with Crippen molar-refractivity contribution in [1.82, 2.24) is 5.32 Å². The molecule has 17 heavy (non-hydrogen) atoms. The van der Waals surface area contributed by atoms with E-state index < -0.39 is 28.3 Å². The van der Waals surface area contributed by atoms with E-state index in [1.165, 1.54) is 0 Å². The topological polar surface area (TPSA) is 55.2 Å². The van der Waals surface area contributed by atoms with Gasteiger partial charge in [-0.3, -0.25) is 10.1 Å². The van der Waals surface area contributed by atoms with Crippen LogP contribution in [0.2, 0.25) is 0 Å². The number of halogens is 2. The van der Waals surface area contributed by atoms with Gasteiger partial charge >= 0.3 is 5.69 Å².